The highest BCUT2D eigenvalue weighted by Gasteiger charge is 2.17. The zero-order valence-corrected chi connectivity index (χ0v) is 30.6. The summed E-state index contributed by atoms with van der Waals surface area (Å²) in [6.45, 7) is 0.933. The van der Waals surface area contributed by atoms with Crippen molar-refractivity contribution in [3.05, 3.63) is 106 Å². The molecule has 8 rings (SSSR count). The summed E-state index contributed by atoms with van der Waals surface area (Å²) in [5, 5.41) is 16.2. The number of pyridine rings is 2. The van der Waals surface area contributed by atoms with Crippen LogP contribution in [0.5, 0.6) is 23.0 Å². The third-order valence-electron chi connectivity index (χ3n) is 9.40. The van der Waals surface area contributed by atoms with Gasteiger partial charge in [-0.15, -0.1) is 0 Å². The van der Waals surface area contributed by atoms with Crippen LogP contribution < -0.4 is 45.8 Å². The minimum atomic E-state index is -3.07. The van der Waals surface area contributed by atoms with Crippen LogP contribution >= 0.6 is 0 Å². The van der Waals surface area contributed by atoms with Crippen LogP contribution in [0.25, 0.3) is 33.8 Å². The minimum Gasteiger partial charge on any atom is -0.504 e. The quantitative estimate of drug-likeness (QED) is 0.178. The second-order valence-electron chi connectivity index (χ2n) is 13.0. The summed E-state index contributed by atoms with van der Waals surface area (Å²) in [6, 6.07) is 18.5. The van der Waals surface area contributed by atoms with E-state index in [2.05, 4.69) is 39.9 Å². The number of aromatic nitrogens is 4. The lowest BCUT2D eigenvalue weighted by Crippen LogP contribution is -2.43. The number of piperazine rings is 2. The molecule has 0 amide bonds. The zero-order chi connectivity index (χ0) is 40.1. The molecule has 0 atom stereocenters. The first-order valence-electron chi connectivity index (χ1n) is 18.0. The molecule has 4 aromatic heterocycles. The summed E-state index contributed by atoms with van der Waals surface area (Å²) in [5.41, 5.74) is 3.78. The van der Waals surface area contributed by atoms with E-state index in [1.54, 1.807) is 30.6 Å². The van der Waals surface area contributed by atoms with Crippen molar-refractivity contribution in [3.8, 4) is 45.5 Å². The number of ether oxygens (including phenoxy) is 3. The average molecular weight is 791 g/mol. The number of halogens is 4. The molecular weight excluding hydrogens is 752 g/mol. The summed E-state index contributed by atoms with van der Waals surface area (Å²) >= 11 is 0. The van der Waals surface area contributed by atoms with E-state index < -0.39 is 19.0 Å². The van der Waals surface area contributed by atoms with E-state index in [1.165, 1.54) is 58.4 Å². The van der Waals surface area contributed by atoms with Crippen molar-refractivity contribution in [1.82, 2.24) is 29.4 Å². The van der Waals surface area contributed by atoms with Crippen LogP contribution in [-0.2, 0) is 0 Å². The molecule has 6 aromatic rings. The van der Waals surface area contributed by atoms with Crippen LogP contribution in [0.2, 0.25) is 0 Å². The Bertz CT molecular complexity index is 2490. The molecule has 0 unspecified atom stereocenters. The summed E-state index contributed by atoms with van der Waals surface area (Å²) in [7, 11) is 1.37. The molecule has 0 saturated carbocycles. The van der Waals surface area contributed by atoms with Crippen molar-refractivity contribution in [3.63, 3.8) is 0 Å². The molecule has 57 heavy (non-hydrogen) atoms. The maximum Gasteiger partial charge on any atom is 0.387 e. The average Bonchev–Trinajstić information content (AvgIpc) is 3.22. The van der Waals surface area contributed by atoms with Gasteiger partial charge in [-0.3, -0.25) is 18.4 Å². The Balaban J connectivity index is 0.000000174. The van der Waals surface area contributed by atoms with Crippen molar-refractivity contribution >= 4 is 22.7 Å². The molecule has 14 nitrogen and oxygen atoms in total. The van der Waals surface area contributed by atoms with Gasteiger partial charge < -0.3 is 39.8 Å². The first-order chi connectivity index (χ1) is 27.6. The smallest absolute Gasteiger partial charge is 0.387 e. The maximum absolute atomic E-state index is 12.7. The maximum atomic E-state index is 12.7. The molecule has 18 heteroatoms. The molecular formula is C39H38F4N8O6. The number of phenols is 1. The Kier molecular flexibility index (Phi) is 11.7. The molecule has 2 aliphatic rings. The van der Waals surface area contributed by atoms with Crippen LogP contribution in [0.4, 0.5) is 28.9 Å². The largest absolute Gasteiger partial charge is 0.504 e. The molecule has 0 bridgehead atoms. The van der Waals surface area contributed by atoms with Gasteiger partial charge in [-0.1, -0.05) is 0 Å². The first kappa shape index (κ1) is 38.9. The standard InChI is InChI=1S/C20H20F2N4O3.C19H18F2N4O3/c1-28-16-4-2-13(10-17(16)29-20(21)22)15-11-19(27)26-12-14(3-5-18(26)24-15)25-8-6-23-7-9-25;20-19(21)28-16-9-12(1-3-15(16)26)14-10-18(27)25-11-13(2-4-17(25)23-14)24-7-5-22-6-8-24/h2-5,10-12,20,23H,6-9H2,1H3;1-4,9-11,19,22,26H,5-8H2. The number of nitrogens with zero attached hydrogens (tertiary/aromatic N) is 6. The molecule has 2 aromatic carbocycles. The fraction of sp³-hybridized carbons (Fsp3) is 0.282. The van der Waals surface area contributed by atoms with Crippen molar-refractivity contribution in [2.45, 2.75) is 13.2 Å². The molecule has 298 valence electrons. The van der Waals surface area contributed by atoms with E-state index in [9.17, 15) is 32.3 Å². The van der Waals surface area contributed by atoms with Gasteiger partial charge in [0.05, 0.1) is 29.9 Å². The van der Waals surface area contributed by atoms with Crippen LogP contribution in [0.1, 0.15) is 0 Å². The van der Waals surface area contributed by atoms with E-state index >= 15 is 0 Å². The van der Waals surface area contributed by atoms with Gasteiger partial charge in [0.25, 0.3) is 11.1 Å². The monoisotopic (exact) mass is 790 g/mol. The van der Waals surface area contributed by atoms with E-state index in [4.69, 9.17) is 4.74 Å². The number of benzene rings is 2. The molecule has 0 aliphatic carbocycles. The number of alkyl halides is 4. The van der Waals surface area contributed by atoms with Gasteiger partial charge in [0.1, 0.15) is 11.3 Å². The third kappa shape index (κ3) is 9.02. The third-order valence-corrected chi connectivity index (χ3v) is 9.40. The van der Waals surface area contributed by atoms with Gasteiger partial charge in [-0.25, -0.2) is 9.97 Å². The molecule has 2 aliphatic heterocycles. The summed E-state index contributed by atoms with van der Waals surface area (Å²) in [6.07, 6.45) is 3.53. The summed E-state index contributed by atoms with van der Waals surface area (Å²) in [4.78, 5) is 38.7. The van der Waals surface area contributed by atoms with E-state index in [0.29, 0.717) is 33.8 Å². The predicted octanol–water partition coefficient (Wildman–Crippen LogP) is 4.46. The molecule has 6 heterocycles. The van der Waals surface area contributed by atoms with Crippen LogP contribution in [0.3, 0.4) is 0 Å². The lowest BCUT2D eigenvalue weighted by molar-refractivity contribution is -0.0518. The molecule has 2 fully saturated rings. The number of hydrogen-bond donors (Lipinski definition) is 3. The number of methoxy groups -OCH3 is 1. The van der Waals surface area contributed by atoms with Gasteiger partial charge in [0.15, 0.2) is 23.0 Å². The van der Waals surface area contributed by atoms with Crippen LogP contribution in [0.15, 0.2) is 94.8 Å². The van der Waals surface area contributed by atoms with Crippen molar-refractivity contribution < 1.29 is 36.9 Å². The minimum absolute atomic E-state index is 0.115. The predicted molar refractivity (Wildman–Crippen MR) is 205 cm³/mol. The Hall–Kier alpha value is -6.40. The first-order valence-corrected chi connectivity index (χ1v) is 18.0. The summed E-state index contributed by atoms with van der Waals surface area (Å²) < 4.78 is 67.1. The summed E-state index contributed by atoms with van der Waals surface area (Å²) in [5.74, 6) is -0.728. The second-order valence-corrected chi connectivity index (χ2v) is 13.0. The number of anilines is 2. The fourth-order valence-electron chi connectivity index (χ4n) is 6.59. The Morgan fingerprint density at radius 2 is 1.07 bits per heavy atom. The highest BCUT2D eigenvalue weighted by molar-refractivity contribution is 5.67. The Morgan fingerprint density at radius 1 is 0.614 bits per heavy atom. The van der Waals surface area contributed by atoms with Crippen molar-refractivity contribution in [1.29, 1.82) is 0 Å². The van der Waals surface area contributed by atoms with Crippen LogP contribution in [-0.4, -0.2) is 96.6 Å². The molecule has 2 saturated heterocycles. The number of rotatable bonds is 9. The van der Waals surface area contributed by atoms with Crippen LogP contribution in [0, 0.1) is 0 Å². The molecule has 3 N–H and O–H groups in total. The topological polar surface area (TPSA) is 147 Å². The van der Waals surface area contributed by atoms with Gasteiger partial charge in [-0.2, -0.15) is 17.6 Å². The van der Waals surface area contributed by atoms with Gasteiger partial charge in [0, 0.05) is 88.0 Å². The Labute approximate surface area is 322 Å². The highest BCUT2D eigenvalue weighted by Crippen LogP contribution is 2.34. The lowest BCUT2D eigenvalue weighted by Gasteiger charge is -2.29. The number of phenolic OH excluding ortho intramolecular Hbond substituents is 1. The highest BCUT2D eigenvalue weighted by atomic mass is 19.3. The number of nitrogens with one attached hydrogen (secondary N) is 2. The zero-order valence-electron chi connectivity index (χ0n) is 30.6. The van der Waals surface area contributed by atoms with E-state index in [0.717, 1.165) is 63.7 Å². The molecule has 0 radical (unpaired) electrons. The van der Waals surface area contributed by atoms with Gasteiger partial charge in [0.2, 0.25) is 0 Å². The number of aromatic hydroxyl groups is 1. The van der Waals surface area contributed by atoms with Crippen molar-refractivity contribution in [2.75, 3.05) is 69.3 Å². The lowest BCUT2D eigenvalue weighted by atomic mass is 10.1. The SMILES string of the molecule is COc1ccc(-c2cc(=O)n3cc(N4CCNCC4)ccc3n2)cc1OC(F)F.O=c1cc(-c2ccc(O)c(OC(F)F)c2)nc2ccc(N3CCNCC3)cn12. The normalized spacial score (nSPS) is 14.5. The fourth-order valence-corrected chi connectivity index (χ4v) is 6.59. The van der Waals surface area contributed by atoms with Crippen molar-refractivity contribution in [2.24, 2.45) is 0 Å². The van der Waals surface area contributed by atoms with Gasteiger partial charge >= 0.3 is 13.2 Å². The van der Waals surface area contributed by atoms with Gasteiger partial charge in [-0.05, 0) is 60.7 Å². The second kappa shape index (κ2) is 17.2. The van der Waals surface area contributed by atoms with E-state index in [-0.39, 0.29) is 28.4 Å². The van der Waals surface area contributed by atoms with E-state index in [1.807, 2.05) is 12.1 Å². The number of hydrogen-bond acceptors (Lipinski definition) is 12. The number of fused-ring (bicyclic) bond motifs is 2. The Morgan fingerprint density at radius 3 is 1.54 bits per heavy atom. The molecule has 0 spiro atoms.